The maximum atomic E-state index is 6.41. The maximum absolute atomic E-state index is 6.41. The van der Waals surface area contributed by atoms with Crippen molar-refractivity contribution in [3.8, 4) is 0 Å². The first-order chi connectivity index (χ1) is 8.41. The second-order valence-electron chi connectivity index (χ2n) is 7.57. The molecule has 0 aromatic rings. The number of hydrogen-bond donors (Lipinski definition) is 1. The fraction of sp³-hybridized carbons (Fsp3) is 1.00. The zero-order valence-electron chi connectivity index (χ0n) is 12.8. The Morgan fingerprint density at radius 3 is 2.39 bits per heavy atom. The summed E-state index contributed by atoms with van der Waals surface area (Å²) in [6, 6.07) is 1.04. The maximum Gasteiger partial charge on any atom is 0.0252 e. The van der Waals surface area contributed by atoms with E-state index in [2.05, 4.69) is 32.6 Å². The quantitative estimate of drug-likeness (QED) is 0.834. The average Bonchev–Trinajstić information content (AvgIpc) is 2.77. The molecule has 0 amide bonds. The first kappa shape index (κ1) is 14.3. The third-order valence-corrected chi connectivity index (χ3v) is 5.85. The molecule has 1 aliphatic carbocycles. The molecule has 18 heavy (non-hydrogen) atoms. The lowest BCUT2D eigenvalue weighted by Crippen LogP contribution is -2.52. The summed E-state index contributed by atoms with van der Waals surface area (Å²) in [4.78, 5) is 2.72. The van der Waals surface area contributed by atoms with Crippen LogP contribution in [0.2, 0.25) is 0 Å². The lowest BCUT2D eigenvalue weighted by atomic mass is 9.72. The summed E-state index contributed by atoms with van der Waals surface area (Å²) in [5, 5.41) is 0. The summed E-state index contributed by atoms with van der Waals surface area (Å²) in [5.41, 5.74) is 7.48. The van der Waals surface area contributed by atoms with Crippen LogP contribution >= 0.6 is 0 Å². The van der Waals surface area contributed by atoms with Gasteiger partial charge in [-0.15, -0.1) is 0 Å². The molecule has 1 aliphatic heterocycles. The monoisotopic (exact) mass is 252 g/mol. The Labute approximate surface area is 113 Å². The second kappa shape index (κ2) is 5.13. The van der Waals surface area contributed by atoms with E-state index in [-0.39, 0.29) is 0 Å². The molecule has 0 radical (unpaired) electrons. The van der Waals surface area contributed by atoms with Gasteiger partial charge in [0.25, 0.3) is 0 Å². The average molecular weight is 252 g/mol. The van der Waals surface area contributed by atoms with Gasteiger partial charge in [-0.25, -0.2) is 0 Å². The van der Waals surface area contributed by atoms with E-state index < -0.39 is 0 Å². The summed E-state index contributed by atoms with van der Waals surface area (Å²) in [7, 11) is 0. The highest BCUT2D eigenvalue weighted by Gasteiger charge is 2.42. The van der Waals surface area contributed by atoms with E-state index in [0.29, 0.717) is 22.9 Å². The van der Waals surface area contributed by atoms with Gasteiger partial charge in [0.15, 0.2) is 0 Å². The highest BCUT2D eigenvalue weighted by atomic mass is 15.2. The predicted molar refractivity (Wildman–Crippen MR) is 78.6 cm³/mol. The Hall–Kier alpha value is -0.0800. The second-order valence-corrected chi connectivity index (χ2v) is 7.57. The molecule has 1 heterocycles. The molecule has 2 rings (SSSR count). The van der Waals surface area contributed by atoms with E-state index in [0.717, 1.165) is 0 Å². The molecule has 2 atom stereocenters. The molecule has 106 valence electrons. The SMILES string of the molecule is CCC1(CC)CCN(C2CC(C)(C)CCC2N)C1. The summed E-state index contributed by atoms with van der Waals surface area (Å²) in [6.45, 7) is 12.1. The van der Waals surface area contributed by atoms with E-state index in [4.69, 9.17) is 5.73 Å². The minimum absolute atomic E-state index is 0.405. The normalized spacial score (nSPS) is 35.8. The van der Waals surface area contributed by atoms with Crippen molar-refractivity contribution in [2.75, 3.05) is 13.1 Å². The molecule has 2 aliphatic rings. The number of hydrogen-bond acceptors (Lipinski definition) is 2. The number of nitrogens with two attached hydrogens (primary N) is 1. The van der Waals surface area contributed by atoms with E-state index in [1.807, 2.05) is 0 Å². The van der Waals surface area contributed by atoms with Gasteiger partial charge in [-0.3, -0.25) is 4.90 Å². The standard InChI is InChI=1S/C16H32N2/c1-5-16(6-2)9-10-18(12-16)14-11-15(3,4)8-7-13(14)17/h13-14H,5-12,17H2,1-4H3. The van der Waals surface area contributed by atoms with E-state index in [1.165, 1.54) is 51.6 Å². The molecule has 2 heteroatoms. The van der Waals surface area contributed by atoms with Crippen LogP contribution in [0, 0.1) is 10.8 Å². The van der Waals surface area contributed by atoms with E-state index >= 15 is 0 Å². The van der Waals surface area contributed by atoms with Gasteiger partial charge < -0.3 is 5.73 Å². The molecule has 2 N–H and O–H groups in total. The van der Waals surface area contributed by atoms with Crippen LogP contribution in [0.15, 0.2) is 0 Å². The predicted octanol–water partition coefficient (Wildman–Crippen LogP) is 3.40. The van der Waals surface area contributed by atoms with Crippen LogP contribution in [0.4, 0.5) is 0 Å². The molecule has 0 aromatic heterocycles. The van der Waals surface area contributed by atoms with Crippen molar-refractivity contribution in [1.82, 2.24) is 4.90 Å². The van der Waals surface area contributed by atoms with Crippen molar-refractivity contribution in [3.05, 3.63) is 0 Å². The summed E-state index contributed by atoms with van der Waals surface area (Å²) in [5.74, 6) is 0. The molecule has 2 fully saturated rings. The van der Waals surface area contributed by atoms with Crippen LogP contribution in [-0.2, 0) is 0 Å². The lowest BCUT2D eigenvalue weighted by Gasteiger charge is -2.44. The third kappa shape index (κ3) is 2.75. The van der Waals surface area contributed by atoms with Crippen molar-refractivity contribution >= 4 is 0 Å². The van der Waals surface area contributed by atoms with Crippen molar-refractivity contribution in [2.24, 2.45) is 16.6 Å². The van der Waals surface area contributed by atoms with Crippen molar-refractivity contribution < 1.29 is 0 Å². The van der Waals surface area contributed by atoms with Crippen LogP contribution in [0.3, 0.4) is 0 Å². The summed E-state index contributed by atoms with van der Waals surface area (Å²) in [6.07, 6.45) is 7.82. The lowest BCUT2D eigenvalue weighted by molar-refractivity contribution is 0.0840. The van der Waals surface area contributed by atoms with Crippen LogP contribution in [0.5, 0.6) is 0 Å². The number of rotatable bonds is 3. The number of nitrogens with zero attached hydrogens (tertiary/aromatic N) is 1. The van der Waals surface area contributed by atoms with Crippen molar-refractivity contribution in [2.45, 2.75) is 78.3 Å². The molecular weight excluding hydrogens is 220 g/mol. The van der Waals surface area contributed by atoms with Gasteiger partial charge in [0.1, 0.15) is 0 Å². The minimum atomic E-state index is 0.405. The van der Waals surface area contributed by atoms with Gasteiger partial charge in [0, 0.05) is 18.6 Å². The largest absolute Gasteiger partial charge is 0.326 e. The van der Waals surface area contributed by atoms with Crippen LogP contribution in [-0.4, -0.2) is 30.1 Å². The fourth-order valence-corrected chi connectivity index (χ4v) is 4.05. The highest BCUT2D eigenvalue weighted by molar-refractivity contribution is 4.98. The molecule has 0 aromatic carbocycles. The Balaban J connectivity index is 2.04. The fourth-order valence-electron chi connectivity index (χ4n) is 4.05. The topological polar surface area (TPSA) is 29.3 Å². The van der Waals surface area contributed by atoms with Gasteiger partial charge in [-0.05, 0) is 55.9 Å². The third-order valence-electron chi connectivity index (χ3n) is 5.85. The molecular formula is C16H32N2. The molecule has 0 bridgehead atoms. The summed E-state index contributed by atoms with van der Waals surface area (Å²) >= 11 is 0. The smallest absolute Gasteiger partial charge is 0.0252 e. The van der Waals surface area contributed by atoms with Crippen molar-refractivity contribution in [1.29, 1.82) is 0 Å². The highest BCUT2D eigenvalue weighted by Crippen LogP contribution is 2.42. The Morgan fingerprint density at radius 1 is 1.17 bits per heavy atom. The van der Waals surface area contributed by atoms with E-state index in [1.54, 1.807) is 0 Å². The van der Waals surface area contributed by atoms with Gasteiger partial charge in [0.2, 0.25) is 0 Å². The summed E-state index contributed by atoms with van der Waals surface area (Å²) < 4.78 is 0. The molecule has 2 unspecified atom stereocenters. The van der Waals surface area contributed by atoms with Crippen LogP contribution < -0.4 is 5.73 Å². The van der Waals surface area contributed by atoms with E-state index in [9.17, 15) is 0 Å². The van der Waals surface area contributed by atoms with Gasteiger partial charge in [0.05, 0.1) is 0 Å². The van der Waals surface area contributed by atoms with Crippen LogP contribution in [0.1, 0.15) is 66.2 Å². The van der Waals surface area contributed by atoms with Crippen LogP contribution in [0.25, 0.3) is 0 Å². The molecule has 0 spiro atoms. The minimum Gasteiger partial charge on any atom is -0.326 e. The number of likely N-dealkylation sites (tertiary alicyclic amines) is 1. The molecule has 1 saturated heterocycles. The molecule has 1 saturated carbocycles. The first-order valence-electron chi connectivity index (χ1n) is 7.91. The van der Waals surface area contributed by atoms with Gasteiger partial charge >= 0.3 is 0 Å². The Kier molecular flexibility index (Phi) is 4.08. The zero-order chi connectivity index (χ0) is 13.4. The van der Waals surface area contributed by atoms with Gasteiger partial charge in [-0.2, -0.15) is 0 Å². The Morgan fingerprint density at radius 2 is 1.83 bits per heavy atom. The first-order valence-corrected chi connectivity index (χ1v) is 7.91. The van der Waals surface area contributed by atoms with Crippen molar-refractivity contribution in [3.63, 3.8) is 0 Å². The zero-order valence-corrected chi connectivity index (χ0v) is 12.8. The van der Waals surface area contributed by atoms with Gasteiger partial charge in [-0.1, -0.05) is 27.7 Å². The molecule has 2 nitrogen and oxygen atoms in total. The Bertz CT molecular complexity index is 281.